The van der Waals surface area contributed by atoms with Gasteiger partial charge in [0.25, 0.3) is 0 Å². The summed E-state index contributed by atoms with van der Waals surface area (Å²) in [6, 6.07) is 8.12. The molecule has 0 radical (unpaired) electrons. The molecule has 0 saturated carbocycles. The Labute approximate surface area is 143 Å². The van der Waals surface area contributed by atoms with E-state index in [-0.39, 0.29) is 5.82 Å². The Hall–Kier alpha value is -2.59. The highest BCUT2D eigenvalue weighted by atomic mass is 35.5. The van der Waals surface area contributed by atoms with E-state index in [1.54, 1.807) is 18.5 Å². The Kier molecular flexibility index (Phi) is 3.82. The summed E-state index contributed by atoms with van der Waals surface area (Å²) in [4.78, 5) is 13.5. The maximum atomic E-state index is 13.4. The first-order valence-electron chi connectivity index (χ1n) is 7.65. The molecular formula is C19H13ClFN3. The van der Waals surface area contributed by atoms with Crippen LogP contribution in [0.3, 0.4) is 0 Å². The fourth-order valence-corrected chi connectivity index (χ4v) is 3.08. The second-order valence-corrected chi connectivity index (χ2v) is 5.96. The topological polar surface area (TPSA) is 38.7 Å². The van der Waals surface area contributed by atoms with Crippen LogP contribution in [0.25, 0.3) is 28.7 Å². The van der Waals surface area contributed by atoms with Gasteiger partial charge in [0.05, 0.1) is 16.4 Å². The van der Waals surface area contributed by atoms with Crippen LogP contribution in [0.2, 0.25) is 5.02 Å². The number of halogens is 2. The molecule has 2 heterocycles. The van der Waals surface area contributed by atoms with E-state index < -0.39 is 0 Å². The number of aromatic nitrogens is 3. The van der Waals surface area contributed by atoms with Crippen molar-refractivity contribution in [3.8, 4) is 22.6 Å². The lowest BCUT2D eigenvalue weighted by atomic mass is 9.97. The highest BCUT2D eigenvalue weighted by Crippen LogP contribution is 2.34. The minimum atomic E-state index is -0.364. The van der Waals surface area contributed by atoms with Crippen LogP contribution in [0.1, 0.15) is 17.7 Å². The van der Waals surface area contributed by atoms with Crippen LogP contribution in [0.15, 0.2) is 48.8 Å². The van der Waals surface area contributed by atoms with Gasteiger partial charge in [-0.25, -0.2) is 14.4 Å². The molecule has 1 aliphatic rings. The molecule has 1 aliphatic carbocycles. The second kappa shape index (κ2) is 6.13. The van der Waals surface area contributed by atoms with Gasteiger partial charge < -0.3 is 0 Å². The normalized spacial score (nSPS) is 12.9. The van der Waals surface area contributed by atoms with Gasteiger partial charge in [-0.15, -0.1) is 0 Å². The second-order valence-electron chi connectivity index (χ2n) is 5.56. The van der Waals surface area contributed by atoms with Crippen LogP contribution in [0, 0.1) is 5.82 Å². The summed E-state index contributed by atoms with van der Waals surface area (Å²) in [5.74, 6) is 0.262. The van der Waals surface area contributed by atoms with E-state index in [1.807, 2.05) is 18.2 Å². The standard InChI is InChI=1S/C19H13ClFN3/c20-16-11-13(21)5-6-14(16)18-15-3-1-2-4-17(15)23-19(24-18)12-7-9-22-10-8-12/h1,3,5-11H,2,4H2. The molecule has 5 heteroatoms. The molecule has 3 aromatic rings. The number of rotatable bonds is 2. The third-order valence-electron chi connectivity index (χ3n) is 3.98. The molecule has 0 amide bonds. The average Bonchev–Trinajstić information content (AvgIpc) is 2.62. The summed E-state index contributed by atoms with van der Waals surface area (Å²) in [6.45, 7) is 0. The van der Waals surface area contributed by atoms with E-state index in [0.29, 0.717) is 16.4 Å². The lowest BCUT2D eigenvalue weighted by molar-refractivity contribution is 0.628. The predicted molar refractivity (Wildman–Crippen MR) is 93.0 cm³/mol. The third-order valence-corrected chi connectivity index (χ3v) is 4.29. The molecular weight excluding hydrogens is 325 g/mol. The number of hydrogen-bond acceptors (Lipinski definition) is 3. The first-order chi connectivity index (χ1) is 11.7. The van der Waals surface area contributed by atoms with Crippen LogP contribution in [-0.4, -0.2) is 15.0 Å². The minimum Gasteiger partial charge on any atom is -0.265 e. The van der Waals surface area contributed by atoms with Crippen LogP contribution in [-0.2, 0) is 6.42 Å². The van der Waals surface area contributed by atoms with Gasteiger partial charge in [0, 0.05) is 29.1 Å². The number of benzene rings is 1. The summed E-state index contributed by atoms with van der Waals surface area (Å²) in [6.07, 6.45) is 9.32. The van der Waals surface area contributed by atoms with Gasteiger partial charge in [-0.2, -0.15) is 0 Å². The summed E-state index contributed by atoms with van der Waals surface area (Å²) < 4.78 is 13.4. The van der Waals surface area contributed by atoms with E-state index in [9.17, 15) is 4.39 Å². The van der Waals surface area contributed by atoms with Gasteiger partial charge in [0.1, 0.15) is 5.82 Å². The monoisotopic (exact) mass is 337 g/mol. The SMILES string of the molecule is Fc1ccc(-c2nc(-c3ccncc3)nc3c2C=CCC3)c(Cl)c1. The molecule has 0 N–H and O–H groups in total. The molecule has 24 heavy (non-hydrogen) atoms. The molecule has 118 valence electrons. The molecule has 0 spiro atoms. The van der Waals surface area contributed by atoms with Gasteiger partial charge in [0.2, 0.25) is 0 Å². The van der Waals surface area contributed by atoms with Gasteiger partial charge in [-0.05, 0) is 43.2 Å². The molecule has 1 aromatic carbocycles. The van der Waals surface area contributed by atoms with Crippen molar-refractivity contribution in [3.63, 3.8) is 0 Å². The van der Waals surface area contributed by atoms with Crippen molar-refractivity contribution >= 4 is 17.7 Å². The summed E-state index contributed by atoms with van der Waals surface area (Å²) >= 11 is 6.27. The zero-order valence-corrected chi connectivity index (χ0v) is 13.5. The molecule has 4 rings (SSSR count). The maximum absolute atomic E-state index is 13.4. The molecule has 0 bridgehead atoms. The fourth-order valence-electron chi connectivity index (χ4n) is 2.82. The maximum Gasteiger partial charge on any atom is 0.160 e. The Morgan fingerprint density at radius 2 is 1.88 bits per heavy atom. The molecule has 0 saturated heterocycles. The van der Waals surface area contributed by atoms with Gasteiger partial charge in [-0.3, -0.25) is 4.98 Å². The van der Waals surface area contributed by atoms with Crippen molar-refractivity contribution in [2.45, 2.75) is 12.8 Å². The smallest absolute Gasteiger partial charge is 0.160 e. The summed E-state index contributed by atoms with van der Waals surface area (Å²) in [5.41, 5.74) is 4.26. The lowest BCUT2D eigenvalue weighted by Gasteiger charge is -2.16. The van der Waals surface area contributed by atoms with E-state index in [2.05, 4.69) is 11.1 Å². The van der Waals surface area contributed by atoms with Crippen molar-refractivity contribution in [1.82, 2.24) is 15.0 Å². The molecule has 0 fully saturated rings. The molecule has 3 nitrogen and oxygen atoms in total. The summed E-state index contributed by atoms with van der Waals surface area (Å²) in [7, 11) is 0. The minimum absolute atomic E-state index is 0.343. The average molecular weight is 338 g/mol. The van der Waals surface area contributed by atoms with Crippen molar-refractivity contribution in [2.24, 2.45) is 0 Å². The van der Waals surface area contributed by atoms with E-state index in [1.165, 1.54) is 12.1 Å². The fraction of sp³-hybridized carbons (Fsp3) is 0.105. The quantitative estimate of drug-likeness (QED) is 0.663. The number of hydrogen-bond donors (Lipinski definition) is 0. The van der Waals surface area contributed by atoms with E-state index in [0.717, 1.165) is 35.4 Å². The third kappa shape index (κ3) is 2.69. The first-order valence-corrected chi connectivity index (χ1v) is 8.03. The number of fused-ring (bicyclic) bond motifs is 1. The van der Waals surface area contributed by atoms with Crippen molar-refractivity contribution in [3.05, 3.63) is 70.9 Å². The Morgan fingerprint density at radius 3 is 2.67 bits per heavy atom. The highest BCUT2D eigenvalue weighted by Gasteiger charge is 2.18. The Bertz CT molecular complexity index is 939. The molecule has 0 unspecified atom stereocenters. The van der Waals surface area contributed by atoms with Crippen molar-refractivity contribution < 1.29 is 4.39 Å². The van der Waals surface area contributed by atoms with Crippen molar-refractivity contribution in [2.75, 3.05) is 0 Å². The molecule has 2 aromatic heterocycles. The highest BCUT2D eigenvalue weighted by molar-refractivity contribution is 6.33. The predicted octanol–water partition coefficient (Wildman–Crippen LogP) is 4.96. The largest absolute Gasteiger partial charge is 0.265 e. The zero-order valence-electron chi connectivity index (χ0n) is 12.7. The first kappa shape index (κ1) is 15.0. The number of allylic oxidation sites excluding steroid dienone is 1. The van der Waals surface area contributed by atoms with Crippen LogP contribution < -0.4 is 0 Å². The van der Waals surface area contributed by atoms with E-state index >= 15 is 0 Å². The molecule has 0 aliphatic heterocycles. The Morgan fingerprint density at radius 1 is 1.04 bits per heavy atom. The van der Waals surface area contributed by atoms with Crippen LogP contribution in [0.5, 0.6) is 0 Å². The van der Waals surface area contributed by atoms with Gasteiger partial charge in [0.15, 0.2) is 5.82 Å². The number of nitrogens with zero attached hydrogens (tertiary/aromatic N) is 3. The van der Waals surface area contributed by atoms with Crippen LogP contribution in [0.4, 0.5) is 4.39 Å². The van der Waals surface area contributed by atoms with E-state index in [4.69, 9.17) is 21.6 Å². The van der Waals surface area contributed by atoms with Gasteiger partial charge >= 0.3 is 0 Å². The molecule has 0 atom stereocenters. The van der Waals surface area contributed by atoms with Crippen molar-refractivity contribution in [1.29, 1.82) is 0 Å². The number of aryl methyl sites for hydroxylation is 1. The van der Waals surface area contributed by atoms with Crippen LogP contribution >= 0.6 is 11.6 Å². The van der Waals surface area contributed by atoms with Gasteiger partial charge in [-0.1, -0.05) is 23.8 Å². The Balaban J connectivity index is 1.97. The number of pyridine rings is 1. The lowest BCUT2D eigenvalue weighted by Crippen LogP contribution is -2.05. The zero-order chi connectivity index (χ0) is 16.5. The summed E-state index contributed by atoms with van der Waals surface area (Å²) in [5, 5.41) is 0.343.